The molecule has 2 N–H and O–H groups in total. The fourth-order valence-corrected chi connectivity index (χ4v) is 2.09. The van der Waals surface area contributed by atoms with E-state index in [4.69, 9.17) is 0 Å². The summed E-state index contributed by atoms with van der Waals surface area (Å²) in [5.41, 5.74) is -0.742. The van der Waals surface area contributed by atoms with Crippen LogP contribution in [0.4, 0.5) is 5.69 Å². The van der Waals surface area contributed by atoms with Crippen molar-refractivity contribution in [3.8, 4) is 0 Å². The van der Waals surface area contributed by atoms with Gasteiger partial charge < -0.3 is 14.5 Å². The van der Waals surface area contributed by atoms with Gasteiger partial charge in [-0.25, -0.2) is 4.98 Å². The van der Waals surface area contributed by atoms with E-state index in [1.165, 1.54) is 12.1 Å². The number of hydrogen-bond donors (Lipinski definition) is 2. The van der Waals surface area contributed by atoms with E-state index in [-0.39, 0.29) is 34.7 Å². The zero-order chi connectivity index (χ0) is 15.0. The number of imidazole rings is 1. The van der Waals surface area contributed by atoms with Crippen LogP contribution in [0.15, 0.2) is 40.4 Å². The van der Waals surface area contributed by atoms with Crippen molar-refractivity contribution in [3.05, 3.63) is 67.2 Å². The van der Waals surface area contributed by atoms with E-state index in [0.29, 0.717) is 11.1 Å². The van der Waals surface area contributed by atoms with Crippen molar-refractivity contribution in [2.24, 2.45) is 0 Å². The number of H-pyrrole nitrogens is 2. The molecule has 22 heavy (non-hydrogen) atoms. The Morgan fingerprint density at radius 3 is 2.59 bits per heavy atom. The Morgan fingerprint density at radius 1 is 1.23 bits per heavy atom. The van der Waals surface area contributed by atoms with Gasteiger partial charge in [-0.1, -0.05) is 0 Å². The predicted octanol–water partition coefficient (Wildman–Crippen LogP) is 0.947. The maximum atomic E-state index is 11.5. The lowest BCUT2D eigenvalue weighted by atomic mass is 10.1. The Kier molecular flexibility index (Phi) is 4.22. The highest BCUT2D eigenvalue weighted by atomic mass is 79.9. The topological polar surface area (TPSA) is 127 Å². The van der Waals surface area contributed by atoms with Crippen molar-refractivity contribution in [2.45, 2.75) is 6.54 Å². The van der Waals surface area contributed by atoms with Gasteiger partial charge in [0.15, 0.2) is 0 Å². The van der Waals surface area contributed by atoms with E-state index in [0.717, 1.165) is 0 Å². The fraction of sp³-hybridized carbons (Fsp3) is 0.0833. The Labute approximate surface area is 132 Å². The van der Waals surface area contributed by atoms with Gasteiger partial charge in [0.05, 0.1) is 28.8 Å². The lowest BCUT2D eigenvalue weighted by Gasteiger charge is -2.07. The molecule has 0 radical (unpaired) electrons. The number of nitrogens with one attached hydrogen (secondary N) is 2. The van der Waals surface area contributed by atoms with Crippen LogP contribution >= 0.6 is 17.0 Å². The molecular weight excluding hydrogens is 358 g/mol. The number of rotatable bonds is 3. The predicted molar refractivity (Wildman–Crippen MR) is 83.5 cm³/mol. The normalized spacial score (nSPS) is 10.4. The molecule has 0 aliphatic carbocycles. The summed E-state index contributed by atoms with van der Waals surface area (Å²) in [5.74, 6) is 0. The molecule has 0 atom stereocenters. The number of aromatic amines is 2. The van der Waals surface area contributed by atoms with Crippen molar-refractivity contribution in [1.29, 1.82) is 0 Å². The molecule has 9 nitrogen and oxygen atoms in total. The van der Waals surface area contributed by atoms with Crippen LogP contribution in [0.25, 0.3) is 11.0 Å². The molecule has 3 rings (SSSR count). The second-order valence-corrected chi connectivity index (χ2v) is 4.43. The molecule has 0 saturated heterocycles. The van der Waals surface area contributed by atoms with Crippen molar-refractivity contribution in [2.75, 3.05) is 0 Å². The third-order valence-corrected chi connectivity index (χ3v) is 3.02. The average Bonchev–Trinajstić information content (AvgIpc) is 2.93. The fourth-order valence-electron chi connectivity index (χ4n) is 2.09. The first-order valence-electron chi connectivity index (χ1n) is 5.94. The first-order chi connectivity index (χ1) is 10.0. The molecule has 0 aliphatic heterocycles. The molecule has 114 valence electrons. The summed E-state index contributed by atoms with van der Waals surface area (Å²) in [5, 5.41) is 11.0. The first-order valence-corrected chi connectivity index (χ1v) is 5.94. The highest BCUT2D eigenvalue weighted by Crippen LogP contribution is 2.22. The molecule has 3 aromatic rings. The second kappa shape index (κ2) is 5.93. The highest BCUT2D eigenvalue weighted by molar-refractivity contribution is 8.93. The number of nitro benzene ring substituents is 1. The van der Waals surface area contributed by atoms with Gasteiger partial charge in [-0.2, -0.15) is 0 Å². The molecule has 0 spiro atoms. The molecule has 2 aromatic heterocycles. The van der Waals surface area contributed by atoms with E-state index in [9.17, 15) is 19.7 Å². The number of halogens is 1. The maximum absolute atomic E-state index is 11.5. The van der Waals surface area contributed by atoms with E-state index < -0.39 is 16.0 Å². The van der Waals surface area contributed by atoms with Crippen LogP contribution in [0.5, 0.6) is 0 Å². The minimum absolute atomic E-state index is 0. The zero-order valence-corrected chi connectivity index (χ0v) is 12.7. The van der Waals surface area contributed by atoms with Gasteiger partial charge in [0.25, 0.3) is 5.69 Å². The summed E-state index contributed by atoms with van der Waals surface area (Å²) >= 11 is 0. The standard InChI is InChI=1S/C12H9N5O4.BrH/c18-11-12(19)15-10-7(5-16-2-1-13-6-16)3-8(17(20)21)4-9(10)14-11;/h1-4,6H,5H2,(H,14,18)(H,15,19);1H. The summed E-state index contributed by atoms with van der Waals surface area (Å²) in [6.07, 6.45) is 4.81. The van der Waals surface area contributed by atoms with E-state index in [2.05, 4.69) is 15.0 Å². The molecular formula is C12H10BrN5O4. The number of aromatic nitrogens is 4. The average molecular weight is 368 g/mol. The molecule has 10 heteroatoms. The smallest absolute Gasteiger partial charge is 0.314 e. The molecule has 2 heterocycles. The van der Waals surface area contributed by atoms with Crippen LogP contribution in [0, 0.1) is 10.1 Å². The Balaban J connectivity index is 0.00000176. The minimum Gasteiger partial charge on any atom is -0.333 e. The largest absolute Gasteiger partial charge is 0.333 e. The van der Waals surface area contributed by atoms with Crippen molar-refractivity contribution >= 4 is 33.7 Å². The lowest BCUT2D eigenvalue weighted by Crippen LogP contribution is -2.29. The summed E-state index contributed by atoms with van der Waals surface area (Å²) in [6, 6.07) is 2.57. The van der Waals surface area contributed by atoms with Gasteiger partial charge in [0.1, 0.15) is 0 Å². The van der Waals surface area contributed by atoms with Crippen LogP contribution in [-0.2, 0) is 6.54 Å². The van der Waals surface area contributed by atoms with Crippen molar-refractivity contribution < 1.29 is 4.92 Å². The second-order valence-electron chi connectivity index (χ2n) is 4.43. The SMILES string of the molecule is Br.O=c1[nH]c2cc([N+](=O)[O-])cc(Cn3ccnc3)c2[nH]c1=O. The van der Waals surface area contributed by atoms with Crippen LogP contribution in [-0.4, -0.2) is 24.4 Å². The molecule has 0 unspecified atom stereocenters. The molecule has 0 fully saturated rings. The van der Waals surface area contributed by atoms with Gasteiger partial charge >= 0.3 is 11.1 Å². The van der Waals surface area contributed by atoms with Crippen LogP contribution in [0.2, 0.25) is 0 Å². The molecule has 0 aliphatic rings. The number of benzene rings is 1. The van der Waals surface area contributed by atoms with E-state index in [1.54, 1.807) is 23.3 Å². The van der Waals surface area contributed by atoms with Gasteiger partial charge in [-0.3, -0.25) is 19.7 Å². The van der Waals surface area contributed by atoms with Gasteiger partial charge in [-0.15, -0.1) is 17.0 Å². The van der Waals surface area contributed by atoms with Crippen molar-refractivity contribution in [1.82, 2.24) is 19.5 Å². The molecule has 0 saturated carbocycles. The number of fused-ring (bicyclic) bond motifs is 1. The molecule has 0 bridgehead atoms. The van der Waals surface area contributed by atoms with Crippen LogP contribution in [0.1, 0.15) is 5.56 Å². The summed E-state index contributed by atoms with van der Waals surface area (Å²) in [4.78, 5) is 41.9. The Morgan fingerprint density at radius 2 is 1.95 bits per heavy atom. The number of non-ortho nitro benzene ring substituents is 1. The monoisotopic (exact) mass is 367 g/mol. The first kappa shape index (κ1) is 15.6. The van der Waals surface area contributed by atoms with Crippen LogP contribution < -0.4 is 11.1 Å². The molecule has 1 aromatic carbocycles. The minimum atomic E-state index is -0.850. The Hall–Kier alpha value is -2.75. The molecule has 0 amide bonds. The van der Waals surface area contributed by atoms with E-state index in [1.807, 2.05) is 0 Å². The summed E-state index contributed by atoms with van der Waals surface area (Å²) in [7, 11) is 0. The number of nitrogens with zero attached hydrogens (tertiary/aromatic N) is 3. The maximum Gasteiger partial charge on any atom is 0.314 e. The van der Waals surface area contributed by atoms with Crippen LogP contribution in [0.3, 0.4) is 0 Å². The van der Waals surface area contributed by atoms with E-state index >= 15 is 0 Å². The van der Waals surface area contributed by atoms with Gasteiger partial charge in [0.2, 0.25) is 0 Å². The van der Waals surface area contributed by atoms with Gasteiger partial charge in [0, 0.05) is 30.1 Å². The third-order valence-electron chi connectivity index (χ3n) is 3.02. The highest BCUT2D eigenvalue weighted by Gasteiger charge is 2.14. The summed E-state index contributed by atoms with van der Waals surface area (Å²) in [6.45, 7) is 0.278. The summed E-state index contributed by atoms with van der Waals surface area (Å²) < 4.78 is 1.70. The number of hydrogen-bond acceptors (Lipinski definition) is 5. The van der Waals surface area contributed by atoms with Gasteiger partial charge in [-0.05, 0) is 0 Å². The lowest BCUT2D eigenvalue weighted by molar-refractivity contribution is -0.384. The zero-order valence-electron chi connectivity index (χ0n) is 11.0. The third kappa shape index (κ3) is 2.81. The van der Waals surface area contributed by atoms with Crippen molar-refractivity contribution in [3.63, 3.8) is 0 Å². The Bertz CT molecular complexity index is 944. The number of nitro groups is 1. The quantitative estimate of drug-likeness (QED) is 0.404.